The molecular weight excluding hydrogens is 474 g/mol. The number of oxazole rings is 1. The van der Waals surface area contributed by atoms with E-state index < -0.39 is 0 Å². The van der Waals surface area contributed by atoms with Gasteiger partial charge >= 0.3 is 5.97 Å². The van der Waals surface area contributed by atoms with Gasteiger partial charge in [-0.2, -0.15) is 0 Å². The first-order chi connectivity index (χ1) is 18.6. The van der Waals surface area contributed by atoms with Crippen molar-refractivity contribution < 1.29 is 18.7 Å². The summed E-state index contributed by atoms with van der Waals surface area (Å²) < 4.78 is 17.5. The topological polar surface area (TPSA) is 61.6 Å². The number of rotatable bonds is 10. The molecule has 0 saturated carbocycles. The molecule has 1 unspecified atom stereocenters. The van der Waals surface area contributed by atoms with Crippen molar-refractivity contribution in [2.45, 2.75) is 45.4 Å². The normalized spacial score (nSPS) is 14.5. The highest BCUT2D eigenvalue weighted by Crippen LogP contribution is 2.40. The van der Waals surface area contributed by atoms with Gasteiger partial charge in [0, 0.05) is 17.5 Å². The number of carbonyl (C=O) groups is 1. The van der Waals surface area contributed by atoms with Crippen LogP contribution in [0, 0.1) is 6.92 Å². The van der Waals surface area contributed by atoms with Crippen LogP contribution in [0.15, 0.2) is 77.2 Å². The Kier molecular flexibility index (Phi) is 8.03. The summed E-state index contributed by atoms with van der Waals surface area (Å²) >= 11 is 0. The maximum atomic E-state index is 12.2. The number of carbonyl (C=O) groups excluding carboxylic acids is 1. The molecule has 1 heterocycles. The largest absolute Gasteiger partial charge is 0.493 e. The molecule has 0 amide bonds. The molecule has 0 radical (unpaired) electrons. The van der Waals surface area contributed by atoms with E-state index in [0.29, 0.717) is 31.9 Å². The Morgan fingerprint density at radius 2 is 1.82 bits per heavy atom. The van der Waals surface area contributed by atoms with E-state index in [1.807, 2.05) is 62.4 Å². The van der Waals surface area contributed by atoms with Gasteiger partial charge in [-0.05, 0) is 73.6 Å². The van der Waals surface area contributed by atoms with Crippen molar-refractivity contribution in [3.63, 3.8) is 0 Å². The number of hydrogen-bond donors (Lipinski definition) is 0. The first-order valence-electron chi connectivity index (χ1n) is 13.3. The summed E-state index contributed by atoms with van der Waals surface area (Å²) in [6, 6.07) is 24.5. The van der Waals surface area contributed by atoms with Gasteiger partial charge in [0.05, 0.1) is 25.3 Å². The van der Waals surface area contributed by atoms with Gasteiger partial charge in [-0.1, -0.05) is 60.7 Å². The predicted molar refractivity (Wildman–Crippen MR) is 150 cm³/mol. The lowest BCUT2D eigenvalue weighted by Gasteiger charge is -2.15. The van der Waals surface area contributed by atoms with Gasteiger partial charge < -0.3 is 13.9 Å². The molecule has 0 fully saturated rings. The predicted octanol–water partition coefficient (Wildman–Crippen LogP) is 7.42. The fraction of sp³-hybridized carbons (Fsp3) is 0.273. The van der Waals surface area contributed by atoms with E-state index >= 15 is 0 Å². The minimum atomic E-state index is -0.134. The summed E-state index contributed by atoms with van der Waals surface area (Å²) in [6.45, 7) is 4.69. The highest BCUT2D eigenvalue weighted by Gasteiger charge is 2.27. The zero-order chi connectivity index (χ0) is 26.3. The Labute approximate surface area is 224 Å². The Hall–Kier alpha value is -4.12. The van der Waals surface area contributed by atoms with Crippen molar-refractivity contribution in [2.75, 3.05) is 13.2 Å². The number of ether oxygens (including phenoxy) is 2. The highest BCUT2D eigenvalue weighted by molar-refractivity contribution is 5.75. The van der Waals surface area contributed by atoms with Crippen LogP contribution in [-0.2, 0) is 22.4 Å². The van der Waals surface area contributed by atoms with Crippen LogP contribution < -0.4 is 4.74 Å². The molecule has 5 heteroatoms. The zero-order valence-electron chi connectivity index (χ0n) is 22.0. The van der Waals surface area contributed by atoms with Gasteiger partial charge in [-0.15, -0.1) is 0 Å². The van der Waals surface area contributed by atoms with Crippen molar-refractivity contribution in [3.8, 4) is 17.2 Å². The molecule has 1 aliphatic carbocycles. The zero-order valence-corrected chi connectivity index (χ0v) is 22.0. The minimum absolute atomic E-state index is 0.134. The number of fused-ring (bicyclic) bond motifs is 1. The molecule has 1 aromatic heterocycles. The summed E-state index contributed by atoms with van der Waals surface area (Å²) in [7, 11) is 0. The summed E-state index contributed by atoms with van der Waals surface area (Å²) in [5.41, 5.74) is 6.46. The number of benzene rings is 3. The van der Waals surface area contributed by atoms with Crippen molar-refractivity contribution in [1.82, 2.24) is 4.98 Å². The lowest BCUT2D eigenvalue weighted by Crippen LogP contribution is -2.09. The number of nitrogens with zero attached hydrogens (tertiary/aromatic N) is 1. The molecule has 5 rings (SSSR count). The Morgan fingerprint density at radius 1 is 1.05 bits per heavy atom. The molecule has 0 N–H and O–H groups in total. The molecule has 0 aliphatic heterocycles. The van der Waals surface area contributed by atoms with Crippen molar-refractivity contribution in [1.29, 1.82) is 0 Å². The van der Waals surface area contributed by atoms with E-state index in [9.17, 15) is 4.79 Å². The van der Waals surface area contributed by atoms with E-state index in [2.05, 4.69) is 36.4 Å². The number of hydrogen-bond acceptors (Lipinski definition) is 5. The van der Waals surface area contributed by atoms with Gasteiger partial charge in [-0.25, -0.2) is 4.98 Å². The molecule has 4 aromatic rings. The number of esters is 1. The summed E-state index contributed by atoms with van der Waals surface area (Å²) in [4.78, 5) is 16.9. The van der Waals surface area contributed by atoms with Gasteiger partial charge in [0.1, 0.15) is 11.5 Å². The van der Waals surface area contributed by atoms with Crippen LogP contribution in [0.4, 0.5) is 0 Å². The van der Waals surface area contributed by atoms with Crippen molar-refractivity contribution in [3.05, 3.63) is 107 Å². The summed E-state index contributed by atoms with van der Waals surface area (Å²) in [5.74, 6) is 2.33. The third-order valence-electron chi connectivity index (χ3n) is 6.96. The first kappa shape index (κ1) is 25.5. The summed E-state index contributed by atoms with van der Waals surface area (Å²) in [5, 5.41) is 0. The van der Waals surface area contributed by atoms with E-state index in [4.69, 9.17) is 18.9 Å². The minimum Gasteiger partial charge on any atom is -0.493 e. The van der Waals surface area contributed by atoms with Crippen LogP contribution in [0.2, 0.25) is 0 Å². The van der Waals surface area contributed by atoms with Crippen molar-refractivity contribution >= 4 is 18.1 Å². The van der Waals surface area contributed by atoms with Crippen LogP contribution in [0.25, 0.3) is 23.6 Å². The van der Waals surface area contributed by atoms with Gasteiger partial charge in [0.2, 0.25) is 5.89 Å². The fourth-order valence-corrected chi connectivity index (χ4v) is 5.00. The lowest BCUT2D eigenvalue weighted by atomic mass is 9.95. The molecule has 0 saturated heterocycles. The van der Waals surface area contributed by atoms with Gasteiger partial charge in [0.15, 0.2) is 0 Å². The standard InChI is InChI=1S/C33H33NO4/c1-3-36-32(35)22-27-17-16-26-21-31(28(20-29(26)27)15-14-24-10-6-4-7-11-24)37-19-18-30-23(2)38-33(34-30)25-12-8-5-9-13-25/h4-15,20-21,27H,3,16-19,22H2,1-2H3/b15-14+. The highest BCUT2D eigenvalue weighted by atomic mass is 16.5. The second kappa shape index (κ2) is 12.0. The van der Waals surface area contributed by atoms with Gasteiger partial charge in [0.25, 0.3) is 0 Å². The molecule has 0 spiro atoms. The second-order valence-electron chi connectivity index (χ2n) is 9.56. The molecule has 3 aromatic carbocycles. The maximum Gasteiger partial charge on any atom is 0.306 e. The van der Waals surface area contributed by atoms with Crippen LogP contribution >= 0.6 is 0 Å². The van der Waals surface area contributed by atoms with E-state index in [-0.39, 0.29) is 11.9 Å². The average Bonchev–Trinajstić information content (AvgIpc) is 3.51. The maximum absolute atomic E-state index is 12.2. The van der Waals surface area contributed by atoms with Crippen molar-refractivity contribution in [2.24, 2.45) is 0 Å². The third-order valence-corrected chi connectivity index (χ3v) is 6.96. The Morgan fingerprint density at radius 3 is 2.58 bits per heavy atom. The number of aromatic nitrogens is 1. The van der Waals surface area contributed by atoms with Crippen LogP contribution in [0.5, 0.6) is 5.75 Å². The monoisotopic (exact) mass is 507 g/mol. The molecule has 5 nitrogen and oxygen atoms in total. The average molecular weight is 508 g/mol. The lowest BCUT2D eigenvalue weighted by molar-refractivity contribution is -0.143. The van der Waals surface area contributed by atoms with Crippen LogP contribution in [-0.4, -0.2) is 24.2 Å². The second-order valence-corrected chi connectivity index (χ2v) is 9.56. The Balaban J connectivity index is 1.35. The molecule has 1 aliphatic rings. The molecule has 1 atom stereocenters. The first-order valence-corrected chi connectivity index (χ1v) is 13.3. The van der Waals surface area contributed by atoms with Gasteiger partial charge in [-0.3, -0.25) is 4.79 Å². The van der Waals surface area contributed by atoms with E-state index in [1.54, 1.807) is 0 Å². The van der Waals surface area contributed by atoms with Crippen LogP contribution in [0.3, 0.4) is 0 Å². The fourth-order valence-electron chi connectivity index (χ4n) is 5.00. The van der Waals surface area contributed by atoms with E-state index in [0.717, 1.165) is 46.7 Å². The number of aryl methyl sites for hydroxylation is 2. The molecular formula is C33H33NO4. The Bertz CT molecular complexity index is 1410. The van der Waals surface area contributed by atoms with Crippen LogP contribution in [0.1, 0.15) is 59.4 Å². The smallest absolute Gasteiger partial charge is 0.306 e. The quantitative estimate of drug-likeness (QED) is 0.165. The summed E-state index contributed by atoms with van der Waals surface area (Å²) in [6.07, 6.45) is 7.13. The molecule has 0 bridgehead atoms. The molecule has 194 valence electrons. The SMILES string of the molecule is CCOC(=O)CC1CCc2cc(OCCc3nc(-c4ccccc4)oc3C)c(/C=C/c3ccccc3)cc21. The third kappa shape index (κ3) is 6.05. The molecule has 38 heavy (non-hydrogen) atoms. The van der Waals surface area contributed by atoms with E-state index in [1.165, 1.54) is 11.1 Å².